The maximum atomic E-state index is 6.87. The van der Waals surface area contributed by atoms with Gasteiger partial charge >= 0.3 is 0 Å². The summed E-state index contributed by atoms with van der Waals surface area (Å²) in [5.74, 6) is 0. The Morgan fingerprint density at radius 3 is 1.42 bits per heavy atom. The second kappa shape index (κ2) is 19.1. The smallest absolute Gasteiger partial charge is 0.159 e. The number of hydrogen-bond donors (Lipinski definition) is 0. The lowest BCUT2D eigenvalue weighted by Crippen LogP contribution is -2.26. The molecule has 89 heavy (non-hydrogen) atoms. The number of furan rings is 2. The highest BCUT2D eigenvalue weighted by Crippen LogP contribution is 2.66. The molecule has 0 amide bonds. The van der Waals surface area contributed by atoms with E-state index in [0.717, 1.165) is 111 Å². The van der Waals surface area contributed by atoms with E-state index >= 15 is 0 Å². The van der Waals surface area contributed by atoms with Crippen LogP contribution in [0.25, 0.3) is 121 Å². The van der Waals surface area contributed by atoms with Crippen molar-refractivity contribution in [1.29, 1.82) is 0 Å². The summed E-state index contributed by atoms with van der Waals surface area (Å²) in [6, 6.07) is 116. The average molecular weight is 1130 g/mol. The first kappa shape index (κ1) is 49.5. The topological polar surface area (TPSA) is 32.8 Å². The molecule has 1 spiro atoms. The van der Waals surface area contributed by atoms with Gasteiger partial charge in [-0.2, -0.15) is 0 Å². The summed E-state index contributed by atoms with van der Waals surface area (Å²) in [6.07, 6.45) is 0. The van der Waals surface area contributed by atoms with Crippen LogP contribution in [0.4, 0.5) is 34.1 Å². The standard InChI is InChI=1S/C85H52N2O2/c1-3-19-53(20-4-1)56-24-15-26-61(47-56)86(77-35-17-32-70-67-29-10-13-37-79(67)88-83(70)77)63-42-39-58-51-73-69-44-40-59-49-64(87(62-27-16-25-57(48-62)54-21-5-2-6-22-54)78-36-18-33-71-68-30-11-14-38-80(68)89-84(71)78)43-45-66(59)82(69)85(76(73)52-60(58)50-63)74-34-12-9-31-72(74)81-65-28-8-7-23-55(65)41-46-75(81)85/h1-52H. The van der Waals surface area contributed by atoms with Crippen LogP contribution in [0.15, 0.2) is 324 Å². The summed E-state index contributed by atoms with van der Waals surface area (Å²) >= 11 is 0. The van der Waals surface area contributed by atoms with Gasteiger partial charge in [-0.25, -0.2) is 0 Å². The molecule has 2 aromatic heterocycles. The van der Waals surface area contributed by atoms with E-state index < -0.39 is 5.41 Å². The summed E-state index contributed by atoms with van der Waals surface area (Å²) in [5.41, 5.74) is 23.7. The summed E-state index contributed by atoms with van der Waals surface area (Å²) in [4.78, 5) is 4.78. The molecule has 0 N–H and O–H groups in total. The summed E-state index contributed by atoms with van der Waals surface area (Å²) < 4.78 is 13.7. The number of nitrogens with zero attached hydrogens (tertiary/aromatic N) is 2. The zero-order valence-electron chi connectivity index (χ0n) is 48.2. The molecule has 0 bridgehead atoms. The first-order valence-corrected chi connectivity index (χ1v) is 30.6. The minimum Gasteiger partial charge on any atom is -0.454 e. The molecule has 2 aliphatic rings. The quantitative estimate of drug-likeness (QED) is 0.152. The summed E-state index contributed by atoms with van der Waals surface area (Å²) in [5, 5.41) is 11.5. The maximum Gasteiger partial charge on any atom is 0.159 e. The number of rotatable bonds is 8. The van der Waals surface area contributed by atoms with Crippen molar-refractivity contribution in [1.82, 2.24) is 0 Å². The molecule has 4 heteroatoms. The molecule has 1 atom stereocenters. The van der Waals surface area contributed by atoms with Crippen LogP contribution in [-0.4, -0.2) is 0 Å². The Morgan fingerprint density at radius 2 is 0.753 bits per heavy atom. The molecular formula is C85H52N2O2. The maximum absolute atomic E-state index is 6.87. The molecule has 0 fully saturated rings. The van der Waals surface area contributed by atoms with Crippen LogP contribution in [0.3, 0.4) is 0 Å². The molecule has 1 unspecified atom stereocenters. The Morgan fingerprint density at radius 1 is 0.247 bits per heavy atom. The number of benzene rings is 15. The molecule has 2 aliphatic carbocycles. The van der Waals surface area contributed by atoms with Crippen molar-refractivity contribution in [2.24, 2.45) is 0 Å². The van der Waals surface area contributed by atoms with Crippen LogP contribution < -0.4 is 9.80 Å². The van der Waals surface area contributed by atoms with Crippen LogP contribution in [0, 0.1) is 0 Å². The first-order valence-electron chi connectivity index (χ1n) is 30.6. The Labute approximate surface area is 513 Å². The second-order valence-electron chi connectivity index (χ2n) is 23.8. The molecule has 19 rings (SSSR count). The molecular weight excluding hydrogens is 1080 g/mol. The van der Waals surface area contributed by atoms with Crippen molar-refractivity contribution in [3.63, 3.8) is 0 Å². The van der Waals surface area contributed by atoms with Crippen molar-refractivity contribution in [3.05, 3.63) is 338 Å². The molecule has 17 aromatic rings. The van der Waals surface area contributed by atoms with Crippen molar-refractivity contribution in [2.45, 2.75) is 5.41 Å². The largest absolute Gasteiger partial charge is 0.454 e. The van der Waals surface area contributed by atoms with Gasteiger partial charge in [0.05, 0.1) is 16.8 Å². The number of anilines is 6. The predicted molar refractivity (Wildman–Crippen MR) is 370 cm³/mol. The lowest BCUT2D eigenvalue weighted by Gasteiger charge is -2.32. The molecule has 0 saturated carbocycles. The van der Waals surface area contributed by atoms with Gasteiger partial charge in [0.15, 0.2) is 11.2 Å². The fourth-order valence-corrected chi connectivity index (χ4v) is 15.4. The molecule has 414 valence electrons. The first-order chi connectivity index (χ1) is 44.1. The van der Waals surface area contributed by atoms with Crippen molar-refractivity contribution in [3.8, 4) is 44.5 Å². The normalized spacial score (nSPS) is 13.9. The highest BCUT2D eigenvalue weighted by Gasteiger charge is 2.53. The van der Waals surface area contributed by atoms with Gasteiger partial charge < -0.3 is 18.6 Å². The van der Waals surface area contributed by atoms with Crippen molar-refractivity contribution in [2.75, 3.05) is 9.80 Å². The Bertz CT molecular complexity index is 5780. The third-order valence-corrected chi connectivity index (χ3v) is 19.2. The van der Waals surface area contributed by atoms with Crippen LogP contribution in [-0.2, 0) is 5.41 Å². The van der Waals surface area contributed by atoms with Gasteiger partial charge in [-0.3, -0.25) is 0 Å². The van der Waals surface area contributed by atoms with E-state index in [2.05, 4.69) is 313 Å². The van der Waals surface area contributed by atoms with Crippen molar-refractivity contribution < 1.29 is 8.83 Å². The van der Waals surface area contributed by atoms with E-state index in [4.69, 9.17) is 8.83 Å². The molecule has 0 radical (unpaired) electrons. The Balaban J connectivity index is 0.848. The summed E-state index contributed by atoms with van der Waals surface area (Å²) in [7, 11) is 0. The number of fused-ring (bicyclic) bond motifs is 21. The van der Waals surface area contributed by atoms with Crippen molar-refractivity contribution >= 4 is 110 Å². The van der Waals surface area contributed by atoms with E-state index in [-0.39, 0.29) is 0 Å². The molecule has 15 aromatic carbocycles. The molecule has 2 heterocycles. The third kappa shape index (κ3) is 7.29. The van der Waals surface area contributed by atoms with E-state index in [1.807, 2.05) is 12.1 Å². The van der Waals surface area contributed by atoms with E-state index in [1.54, 1.807) is 0 Å². The van der Waals surface area contributed by atoms with Gasteiger partial charge in [0.2, 0.25) is 0 Å². The third-order valence-electron chi connectivity index (χ3n) is 19.2. The predicted octanol–water partition coefficient (Wildman–Crippen LogP) is 23.6. The fourth-order valence-electron chi connectivity index (χ4n) is 15.4. The SMILES string of the molecule is c1ccc(-c2cccc(N(c3ccc4cc5c(cc4c3)C3(c4ccccc4-c4c3ccc3ccccc43)c3c-5ccc4cc(N(c5cccc(-c6ccccc6)c5)c5cccc6c5oc5ccccc56)ccc34)c3cccc4c3oc3ccccc34)c2)cc1. The molecule has 0 saturated heterocycles. The highest BCUT2D eigenvalue weighted by atomic mass is 16.3. The van der Waals surface area contributed by atoms with Crippen LogP contribution in [0.2, 0.25) is 0 Å². The summed E-state index contributed by atoms with van der Waals surface area (Å²) in [6.45, 7) is 0. The van der Waals surface area contributed by atoms with Crippen LogP contribution in [0.1, 0.15) is 22.3 Å². The second-order valence-corrected chi connectivity index (χ2v) is 23.8. The monoisotopic (exact) mass is 1130 g/mol. The van der Waals surface area contributed by atoms with Gasteiger partial charge in [-0.15, -0.1) is 0 Å². The Kier molecular flexibility index (Phi) is 10.7. The van der Waals surface area contributed by atoms with Gasteiger partial charge in [0.25, 0.3) is 0 Å². The van der Waals surface area contributed by atoms with Gasteiger partial charge in [-0.1, -0.05) is 231 Å². The molecule has 4 nitrogen and oxygen atoms in total. The zero-order valence-corrected chi connectivity index (χ0v) is 48.2. The van der Waals surface area contributed by atoms with Gasteiger partial charge in [0, 0.05) is 44.3 Å². The highest BCUT2D eigenvalue weighted by molar-refractivity contribution is 6.14. The van der Waals surface area contributed by atoms with E-state index in [1.165, 1.54) is 66.1 Å². The molecule has 0 aliphatic heterocycles. The Hall–Kier alpha value is -11.7. The number of para-hydroxylation sites is 4. The number of hydrogen-bond acceptors (Lipinski definition) is 4. The average Bonchev–Trinajstić information content (AvgIpc) is 1.51. The van der Waals surface area contributed by atoms with Gasteiger partial charge in [0.1, 0.15) is 11.2 Å². The lowest BCUT2D eigenvalue weighted by atomic mass is 9.69. The van der Waals surface area contributed by atoms with Crippen LogP contribution in [0.5, 0.6) is 0 Å². The van der Waals surface area contributed by atoms with E-state index in [0.29, 0.717) is 0 Å². The van der Waals surface area contributed by atoms with E-state index in [9.17, 15) is 0 Å². The van der Waals surface area contributed by atoms with Crippen LogP contribution >= 0.6 is 0 Å². The minimum atomic E-state index is -0.682. The minimum absolute atomic E-state index is 0.682. The fraction of sp³-hybridized carbons (Fsp3) is 0.0118. The zero-order chi connectivity index (χ0) is 58.3. The lowest BCUT2D eigenvalue weighted by molar-refractivity contribution is 0.668. The van der Waals surface area contributed by atoms with Gasteiger partial charge in [-0.05, 0) is 184 Å².